The molecular weight excluding hydrogens is 204 g/mol. The van der Waals surface area contributed by atoms with Crippen LogP contribution in [0.2, 0.25) is 0 Å². The second-order valence-electron chi connectivity index (χ2n) is 3.72. The summed E-state index contributed by atoms with van der Waals surface area (Å²) in [5, 5.41) is 5.90. The number of amides is 2. The molecule has 1 aromatic rings. The van der Waals surface area contributed by atoms with Gasteiger partial charge < -0.3 is 15.5 Å². The van der Waals surface area contributed by atoms with Gasteiger partial charge >= 0.3 is 6.03 Å². The first-order valence-corrected chi connectivity index (χ1v) is 5.22. The number of carbonyl (C=O) groups excluding carboxylic acids is 1. The lowest BCUT2D eigenvalue weighted by Gasteiger charge is -2.12. The second-order valence-corrected chi connectivity index (χ2v) is 3.72. The van der Waals surface area contributed by atoms with E-state index in [1.165, 1.54) is 4.90 Å². The summed E-state index contributed by atoms with van der Waals surface area (Å²) in [6.45, 7) is 3.18. The van der Waals surface area contributed by atoms with E-state index in [1.807, 2.05) is 25.1 Å². The Morgan fingerprint density at radius 2 is 2.12 bits per heavy atom. The third kappa shape index (κ3) is 4.16. The molecule has 0 radical (unpaired) electrons. The van der Waals surface area contributed by atoms with Gasteiger partial charge in [-0.25, -0.2) is 9.78 Å². The summed E-state index contributed by atoms with van der Waals surface area (Å²) in [6.07, 6.45) is 0. The van der Waals surface area contributed by atoms with E-state index in [0.29, 0.717) is 13.1 Å². The van der Waals surface area contributed by atoms with E-state index >= 15 is 0 Å². The number of aryl methyl sites for hydroxylation is 1. The van der Waals surface area contributed by atoms with Crippen LogP contribution in [0.3, 0.4) is 0 Å². The number of pyridine rings is 1. The summed E-state index contributed by atoms with van der Waals surface area (Å²) >= 11 is 0. The van der Waals surface area contributed by atoms with E-state index in [0.717, 1.165) is 11.5 Å². The standard InChI is InChI=1S/C11H18N4O/c1-9-5-4-6-10(14-9)12-7-8-13-11(16)15(2)3/h4-6H,7-8H2,1-3H3,(H,12,14)(H,13,16). The third-order valence-electron chi connectivity index (χ3n) is 2.00. The van der Waals surface area contributed by atoms with Crippen molar-refractivity contribution in [2.24, 2.45) is 0 Å². The van der Waals surface area contributed by atoms with Gasteiger partial charge in [0.15, 0.2) is 0 Å². The largest absolute Gasteiger partial charge is 0.368 e. The number of nitrogens with one attached hydrogen (secondary N) is 2. The van der Waals surface area contributed by atoms with Crippen molar-refractivity contribution >= 4 is 11.8 Å². The zero-order valence-corrected chi connectivity index (χ0v) is 9.95. The highest BCUT2D eigenvalue weighted by Crippen LogP contribution is 2.02. The molecule has 5 nitrogen and oxygen atoms in total. The zero-order chi connectivity index (χ0) is 12.0. The minimum atomic E-state index is -0.0843. The van der Waals surface area contributed by atoms with Gasteiger partial charge in [0, 0.05) is 32.9 Å². The topological polar surface area (TPSA) is 57.3 Å². The van der Waals surface area contributed by atoms with E-state index < -0.39 is 0 Å². The Balaban J connectivity index is 2.23. The first kappa shape index (κ1) is 12.3. The Bertz CT molecular complexity index is 352. The Labute approximate surface area is 95.9 Å². The number of anilines is 1. The molecule has 2 amide bonds. The molecule has 1 heterocycles. The van der Waals surface area contributed by atoms with Gasteiger partial charge in [-0.05, 0) is 19.1 Å². The summed E-state index contributed by atoms with van der Waals surface area (Å²) in [5.41, 5.74) is 0.974. The predicted molar refractivity (Wildman–Crippen MR) is 64.5 cm³/mol. The van der Waals surface area contributed by atoms with Crippen LogP contribution in [0.25, 0.3) is 0 Å². The average Bonchev–Trinajstić information content (AvgIpc) is 2.24. The molecule has 0 aliphatic carbocycles. The highest BCUT2D eigenvalue weighted by molar-refractivity contribution is 5.73. The summed E-state index contributed by atoms with van der Waals surface area (Å²) in [5.74, 6) is 0.833. The van der Waals surface area contributed by atoms with Gasteiger partial charge in [0.2, 0.25) is 0 Å². The van der Waals surface area contributed by atoms with Gasteiger partial charge in [0.1, 0.15) is 5.82 Å². The van der Waals surface area contributed by atoms with Crippen LogP contribution in [-0.2, 0) is 0 Å². The first-order valence-electron chi connectivity index (χ1n) is 5.22. The minimum absolute atomic E-state index is 0.0843. The van der Waals surface area contributed by atoms with Crippen molar-refractivity contribution in [1.29, 1.82) is 0 Å². The van der Waals surface area contributed by atoms with E-state index in [2.05, 4.69) is 15.6 Å². The van der Waals surface area contributed by atoms with Crippen LogP contribution in [0.5, 0.6) is 0 Å². The van der Waals surface area contributed by atoms with Crippen molar-refractivity contribution in [3.63, 3.8) is 0 Å². The number of aromatic nitrogens is 1. The van der Waals surface area contributed by atoms with Crippen molar-refractivity contribution in [3.8, 4) is 0 Å². The Morgan fingerprint density at radius 1 is 1.38 bits per heavy atom. The van der Waals surface area contributed by atoms with Crippen LogP contribution in [0, 0.1) is 6.92 Å². The molecule has 0 unspecified atom stereocenters. The van der Waals surface area contributed by atoms with Crippen molar-refractivity contribution in [2.45, 2.75) is 6.92 Å². The SMILES string of the molecule is Cc1cccc(NCCNC(=O)N(C)C)n1. The molecule has 0 bridgehead atoms. The lowest BCUT2D eigenvalue weighted by molar-refractivity contribution is 0.218. The smallest absolute Gasteiger partial charge is 0.316 e. The van der Waals surface area contributed by atoms with Gasteiger partial charge in [0.25, 0.3) is 0 Å². The average molecular weight is 222 g/mol. The van der Waals surface area contributed by atoms with Crippen LogP contribution in [-0.4, -0.2) is 43.1 Å². The maximum absolute atomic E-state index is 11.2. The number of urea groups is 1. The number of carbonyl (C=O) groups is 1. The van der Waals surface area contributed by atoms with Gasteiger partial charge in [0.05, 0.1) is 0 Å². The monoisotopic (exact) mass is 222 g/mol. The van der Waals surface area contributed by atoms with Gasteiger partial charge in [-0.3, -0.25) is 0 Å². The quantitative estimate of drug-likeness (QED) is 0.749. The fourth-order valence-corrected chi connectivity index (χ4v) is 1.16. The molecule has 0 fully saturated rings. The van der Waals surface area contributed by atoms with E-state index in [4.69, 9.17) is 0 Å². The van der Waals surface area contributed by atoms with Gasteiger partial charge in [-0.15, -0.1) is 0 Å². The maximum Gasteiger partial charge on any atom is 0.316 e. The molecule has 0 saturated heterocycles. The molecule has 0 aliphatic rings. The molecule has 0 saturated carbocycles. The normalized spacial score (nSPS) is 9.69. The van der Waals surface area contributed by atoms with Crippen LogP contribution >= 0.6 is 0 Å². The summed E-state index contributed by atoms with van der Waals surface area (Å²) in [4.78, 5) is 17.0. The molecule has 16 heavy (non-hydrogen) atoms. The Morgan fingerprint density at radius 3 is 2.75 bits per heavy atom. The number of rotatable bonds is 4. The summed E-state index contributed by atoms with van der Waals surface area (Å²) in [7, 11) is 3.43. The van der Waals surface area contributed by atoms with Crippen molar-refractivity contribution < 1.29 is 4.79 Å². The minimum Gasteiger partial charge on any atom is -0.368 e. The number of hydrogen-bond donors (Lipinski definition) is 2. The van der Waals surface area contributed by atoms with Crippen LogP contribution < -0.4 is 10.6 Å². The number of nitrogens with zero attached hydrogens (tertiary/aromatic N) is 2. The van der Waals surface area contributed by atoms with Crippen LogP contribution in [0.1, 0.15) is 5.69 Å². The molecule has 5 heteroatoms. The third-order valence-corrected chi connectivity index (χ3v) is 2.00. The first-order chi connectivity index (χ1) is 7.59. The van der Waals surface area contributed by atoms with Crippen molar-refractivity contribution in [3.05, 3.63) is 23.9 Å². The fraction of sp³-hybridized carbons (Fsp3) is 0.455. The molecular formula is C11H18N4O. The van der Waals surface area contributed by atoms with E-state index in [-0.39, 0.29) is 6.03 Å². The molecule has 88 valence electrons. The number of hydrogen-bond acceptors (Lipinski definition) is 3. The van der Waals surface area contributed by atoms with Crippen LogP contribution in [0.15, 0.2) is 18.2 Å². The van der Waals surface area contributed by atoms with Crippen LogP contribution in [0.4, 0.5) is 10.6 Å². The van der Waals surface area contributed by atoms with Gasteiger partial charge in [-0.2, -0.15) is 0 Å². The Hall–Kier alpha value is -1.78. The highest BCUT2D eigenvalue weighted by atomic mass is 16.2. The maximum atomic E-state index is 11.2. The fourth-order valence-electron chi connectivity index (χ4n) is 1.16. The van der Waals surface area contributed by atoms with Crippen molar-refractivity contribution in [1.82, 2.24) is 15.2 Å². The van der Waals surface area contributed by atoms with E-state index in [1.54, 1.807) is 14.1 Å². The summed E-state index contributed by atoms with van der Waals surface area (Å²) in [6, 6.07) is 5.71. The summed E-state index contributed by atoms with van der Waals surface area (Å²) < 4.78 is 0. The molecule has 0 spiro atoms. The molecule has 0 atom stereocenters. The predicted octanol–water partition coefficient (Wildman–Crippen LogP) is 1.07. The molecule has 1 rings (SSSR count). The lowest BCUT2D eigenvalue weighted by Crippen LogP contribution is -2.37. The van der Waals surface area contributed by atoms with E-state index in [9.17, 15) is 4.79 Å². The molecule has 0 aliphatic heterocycles. The molecule has 1 aromatic heterocycles. The van der Waals surface area contributed by atoms with Crippen molar-refractivity contribution in [2.75, 3.05) is 32.5 Å². The lowest BCUT2D eigenvalue weighted by atomic mass is 10.4. The second kappa shape index (κ2) is 5.95. The van der Waals surface area contributed by atoms with Gasteiger partial charge in [-0.1, -0.05) is 6.07 Å². The zero-order valence-electron chi connectivity index (χ0n) is 9.95. The Kier molecular flexibility index (Phi) is 4.57. The highest BCUT2D eigenvalue weighted by Gasteiger charge is 2.00. The molecule has 0 aromatic carbocycles. The molecule has 2 N–H and O–H groups in total.